The van der Waals surface area contributed by atoms with Crippen molar-refractivity contribution >= 4 is 11.6 Å². The van der Waals surface area contributed by atoms with Crippen LogP contribution in [0, 0.1) is 11.8 Å². The Kier molecular flexibility index (Phi) is 3.64. The number of halogens is 1. The second kappa shape index (κ2) is 4.87. The molecule has 2 unspecified atom stereocenters. The topological polar surface area (TPSA) is 35.2 Å². The van der Waals surface area contributed by atoms with Crippen molar-refractivity contribution in [2.45, 2.75) is 33.2 Å². The summed E-state index contributed by atoms with van der Waals surface area (Å²) in [6.07, 6.45) is 0.936. The molecule has 0 fully saturated rings. The zero-order chi connectivity index (χ0) is 12.6. The lowest BCUT2D eigenvalue weighted by Gasteiger charge is -2.25. The van der Waals surface area contributed by atoms with E-state index in [0.717, 1.165) is 29.4 Å². The van der Waals surface area contributed by atoms with Gasteiger partial charge < -0.3 is 10.5 Å². The maximum atomic E-state index is 6.34. The van der Waals surface area contributed by atoms with Crippen LogP contribution in [0.2, 0.25) is 5.02 Å². The van der Waals surface area contributed by atoms with Crippen LogP contribution in [0.5, 0.6) is 5.75 Å². The fourth-order valence-corrected chi connectivity index (χ4v) is 2.49. The largest absolute Gasteiger partial charge is 0.493 e. The maximum Gasteiger partial charge on any atom is 0.127 e. The first-order chi connectivity index (χ1) is 8.00. The number of rotatable bonds is 3. The van der Waals surface area contributed by atoms with Crippen LogP contribution in [0.3, 0.4) is 0 Å². The second-order valence-electron chi connectivity index (χ2n) is 5.21. The molecule has 0 amide bonds. The number of nitrogens with two attached hydrogens (primary N) is 1. The molecule has 1 aromatic rings. The van der Waals surface area contributed by atoms with Crippen LogP contribution < -0.4 is 10.5 Å². The third kappa shape index (κ3) is 2.43. The van der Waals surface area contributed by atoms with E-state index in [1.807, 2.05) is 12.1 Å². The van der Waals surface area contributed by atoms with E-state index in [4.69, 9.17) is 22.1 Å². The first-order valence-corrected chi connectivity index (χ1v) is 6.59. The second-order valence-corrected chi connectivity index (χ2v) is 5.65. The Balaban J connectivity index is 2.38. The van der Waals surface area contributed by atoms with Gasteiger partial charge in [-0.3, -0.25) is 0 Å². The molecule has 0 saturated carbocycles. The first kappa shape index (κ1) is 12.7. The van der Waals surface area contributed by atoms with Gasteiger partial charge in [-0.25, -0.2) is 0 Å². The van der Waals surface area contributed by atoms with Gasteiger partial charge in [0.25, 0.3) is 0 Å². The van der Waals surface area contributed by atoms with Crippen molar-refractivity contribution in [2.75, 3.05) is 6.61 Å². The van der Waals surface area contributed by atoms with Crippen molar-refractivity contribution in [1.82, 2.24) is 0 Å². The summed E-state index contributed by atoms with van der Waals surface area (Å²) in [6, 6.07) is 3.93. The van der Waals surface area contributed by atoms with Crippen LogP contribution in [0.25, 0.3) is 0 Å². The zero-order valence-corrected chi connectivity index (χ0v) is 11.4. The van der Waals surface area contributed by atoms with Crippen molar-refractivity contribution in [1.29, 1.82) is 0 Å². The lowest BCUT2D eigenvalue weighted by molar-refractivity contribution is 0.324. The van der Waals surface area contributed by atoms with Gasteiger partial charge in [0.15, 0.2) is 0 Å². The van der Waals surface area contributed by atoms with E-state index in [-0.39, 0.29) is 6.04 Å². The molecule has 1 heterocycles. The molecule has 0 spiro atoms. The van der Waals surface area contributed by atoms with Gasteiger partial charge in [0.2, 0.25) is 0 Å². The average molecular weight is 254 g/mol. The Morgan fingerprint density at radius 3 is 2.65 bits per heavy atom. The van der Waals surface area contributed by atoms with Gasteiger partial charge in [-0.05, 0) is 29.5 Å². The molecule has 3 heteroatoms. The third-order valence-electron chi connectivity index (χ3n) is 3.75. The van der Waals surface area contributed by atoms with Crippen LogP contribution in [0.15, 0.2) is 12.1 Å². The minimum Gasteiger partial charge on any atom is -0.493 e. The number of ether oxygens (including phenoxy) is 1. The van der Waals surface area contributed by atoms with Gasteiger partial charge >= 0.3 is 0 Å². The van der Waals surface area contributed by atoms with Gasteiger partial charge in [0.05, 0.1) is 6.61 Å². The Morgan fingerprint density at radius 1 is 1.29 bits per heavy atom. The van der Waals surface area contributed by atoms with E-state index >= 15 is 0 Å². The lowest BCUT2D eigenvalue weighted by atomic mass is 9.86. The molecule has 2 N–H and O–H groups in total. The highest BCUT2D eigenvalue weighted by atomic mass is 35.5. The normalized spacial score (nSPS) is 17.8. The molecule has 17 heavy (non-hydrogen) atoms. The molecule has 94 valence electrons. The molecule has 1 aliphatic heterocycles. The molecular weight excluding hydrogens is 234 g/mol. The molecule has 2 nitrogen and oxygen atoms in total. The fraction of sp³-hybridized carbons (Fsp3) is 0.571. The standard InChI is InChI=1S/C14H20ClNO/c1-8(2)9(3)13(16)12-7-11(15)6-10-4-5-17-14(10)12/h6-9,13H,4-5,16H2,1-3H3. The van der Waals surface area contributed by atoms with Gasteiger partial charge in [0.1, 0.15) is 5.75 Å². The van der Waals surface area contributed by atoms with Crippen LogP contribution in [-0.2, 0) is 6.42 Å². The number of hydrogen-bond donors (Lipinski definition) is 1. The Morgan fingerprint density at radius 2 is 2.00 bits per heavy atom. The molecule has 1 aromatic carbocycles. The number of fused-ring (bicyclic) bond motifs is 1. The van der Waals surface area contributed by atoms with Crippen molar-refractivity contribution in [3.8, 4) is 5.75 Å². The highest BCUT2D eigenvalue weighted by Gasteiger charge is 2.25. The molecule has 1 aliphatic rings. The summed E-state index contributed by atoms with van der Waals surface area (Å²) < 4.78 is 5.70. The first-order valence-electron chi connectivity index (χ1n) is 6.21. The molecule has 2 atom stereocenters. The SMILES string of the molecule is CC(C)C(C)C(N)c1cc(Cl)cc2c1OCC2. The summed E-state index contributed by atoms with van der Waals surface area (Å²) in [7, 11) is 0. The van der Waals surface area contributed by atoms with Gasteiger partial charge in [-0.1, -0.05) is 32.4 Å². The van der Waals surface area contributed by atoms with Crippen LogP contribution in [0.1, 0.15) is 37.9 Å². The summed E-state index contributed by atoms with van der Waals surface area (Å²) in [6.45, 7) is 7.30. The van der Waals surface area contributed by atoms with Crippen molar-refractivity contribution < 1.29 is 4.74 Å². The quantitative estimate of drug-likeness (QED) is 0.894. The number of benzene rings is 1. The van der Waals surface area contributed by atoms with E-state index in [1.54, 1.807) is 0 Å². The van der Waals surface area contributed by atoms with E-state index in [9.17, 15) is 0 Å². The van der Waals surface area contributed by atoms with Crippen LogP contribution in [0.4, 0.5) is 0 Å². The highest BCUT2D eigenvalue weighted by Crippen LogP contribution is 2.39. The molecule has 0 aliphatic carbocycles. The molecular formula is C14H20ClNO. The third-order valence-corrected chi connectivity index (χ3v) is 3.97. The smallest absolute Gasteiger partial charge is 0.127 e. The summed E-state index contributed by atoms with van der Waals surface area (Å²) in [5.41, 5.74) is 8.60. The molecule has 2 rings (SSSR count). The predicted octanol–water partition coefficient (Wildman–Crippen LogP) is 3.57. The molecule has 0 aromatic heterocycles. The fourth-order valence-electron chi connectivity index (χ4n) is 2.24. The monoisotopic (exact) mass is 253 g/mol. The summed E-state index contributed by atoms with van der Waals surface area (Å²) in [4.78, 5) is 0. The van der Waals surface area contributed by atoms with E-state index < -0.39 is 0 Å². The maximum absolute atomic E-state index is 6.34. The zero-order valence-electron chi connectivity index (χ0n) is 10.7. The van der Waals surface area contributed by atoms with E-state index in [1.165, 1.54) is 5.56 Å². The predicted molar refractivity (Wildman–Crippen MR) is 71.6 cm³/mol. The summed E-state index contributed by atoms with van der Waals surface area (Å²) in [5, 5.41) is 0.760. The Labute approximate surface area is 108 Å². The van der Waals surface area contributed by atoms with Gasteiger partial charge in [0, 0.05) is 23.0 Å². The van der Waals surface area contributed by atoms with Crippen molar-refractivity contribution in [2.24, 2.45) is 17.6 Å². The van der Waals surface area contributed by atoms with Crippen LogP contribution in [-0.4, -0.2) is 6.61 Å². The minimum atomic E-state index is -0.0134. The van der Waals surface area contributed by atoms with Gasteiger partial charge in [-0.15, -0.1) is 0 Å². The lowest BCUT2D eigenvalue weighted by Crippen LogP contribution is -2.23. The summed E-state index contributed by atoms with van der Waals surface area (Å²) >= 11 is 6.15. The number of hydrogen-bond acceptors (Lipinski definition) is 2. The van der Waals surface area contributed by atoms with E-state index in [2.05, 4.69) is 20.8 Å². The van der Waals surface area contributed by atoms with Gasteiger partial charge in [-0.2, -0.15) is 0 Å². The summed E-state index contributed by atoms with van der Waals surface area (Å²) in [5.74, 6) is 1.91. The molecule has 0 bridgehead atoms. The van der Waals surface area contributed by atoms with Crippen molar-refractivity contribution in [3.63, 3.8) is 0 Å². The van der Waals surface area contributed by atoms with Crippen LogP contribution >= 0.6 is 11.6 Å². The Hall–Kier alpha value is -0.730. The van der Waals surface area contributed by atoms with Crippen molar-refractivity contribution in [3.05, 3.63) is 28.3 Å². The Bertz CT molecular complexity index is 417. The highest BCUT2D eigenvalue weighted by molar-refractivity contribution is 6.30. The minimum absolute atomic E-state index is 0.0134. The molecule has 0 saturated heterocycles. The average Bonchev–Trinajstić information content (AvgIpc) is 2.73. The van der Waals surface area contributed by atoms with E-state index in [0.29, 0.717) is 11.8 Å². The molecule has 0 radical (unpaired) electrons.